The number of benzene rings is 2. The van der Waals surface area contributed by atoms with Gasteiger partial charge in [0.25, 0.3) is 0 Å². The fourth-order valence-electron chi connectivity index (χ4n) is 1.44. The number of aromatic hydroxyl groups is 1. The van der Waals surface area contributed by atoms with Gasteiger partial charge in [0.05, 0.1) is 0 Å². The Hall–Kier alpha value is -2.23. The summed E-state index contributed by atoms with van der Waals surface area (Å²) >= 11 is 0. The number of nitrogens with one attached hydrogen (secondary N) is 1. The molecule has 0 bridgehead atoms. The van der Waals surface area contributed by atoms with Gasteiger partial charge in [0.1, 0.15) is 0 Å². The van der Waals surface area contributed by atoms with Crippen molar-refractivity contribution in [3.63, 3.8) is 0 Å². The molecule has 82 valence electrons. The van der Waals surface area contributed by atoms with Gasteiger partial charge in [0, 0.05) is 7.05 Å². The normalized spacial score (nSPS) is 10.1. The van der Waals surface area contributed by atoms with Crippen molar-refractivity contribution in [1.29, 1.82) is 0 Å². The van der Waals surface area contributed by atoms with Gasteiger partial charge in [-0.25, -0.2) is 4.79 Å². The summed E-state index contributed by atoms with van der Waals surface area (Å²) in [6, 6.07) is 10.7. The molecular weight excluding hydrogens is 206 g/mol. The minimum absolute atomic E-state index is 0.0534. The van der Waals surface area contributed by atoms with E-state index in [1.54, 1.807) is 12.1 Å². The molecule has 2 aromatic rings. The van der Waals surface area contributed by atoms with Crippen LogP contribution in [0.4, 0.5) is 4.79 Å². The molecule has 0 spiro atoms. The number of phenols is 1. The molecule has 0 saturated carbocycles. The van der Waals surface area contributed by atoms with E-state index in [2.05, 4.69) is 5.32 Å². The third-order valence-electron chi connectivity index (χ3n) is 2.23. The molecule has 1 amide bonds. The van der Waals surface area contributed by atoms with E-state index in [1.165, 1.54) is 7.05 Å². The average Bonchev–Trinajstić information content (AvgIpc) is 2.30. The lowest BCUT2D eigenvalue weighted by molar-refractivity contribution is 0.201. The number of carbonyl (C=O) groups excluding carboxylic acids is 1. The first-order valence-electron chi connectivity index (χ1n) is 4.82. The second kappa shape index (κ2) is 4.10. The first kappa shape index (κ1) is 10.3. The van der Waals surface area contributed by atoms with E-state index in [0.717, 1.165) is 10.8 Å². The van der Waals surface area contributed by atoms with E-state index >= 15 is 0 Å². The van der Waals surface area contributed by atoms with Crippen LogP contribution in [-0.4, -0.2) is 18.2 Å². The molecule has 0 radical (unpaired) electrons. The summed E-state index contributed by atoms with van der Waals surface area (Å²) in [6.07, 6.45) is -0.606. The van der Waals surface area contributed by atoms with Gasteiger partial charge in [-0.3, -0.25) is 0 Å². The number of rotatable bonds is 1. The van der Waals surface area contributed by atoms with Crippen LogP contribution in [0.2, 0.25) is 0 Å². The summed E-state index contributed by atoms with van der Waals surface area (Å²) in [5.41, 5.74) is 0. The van der Waals surface area contributed by atoms with Crippen molar-refractivity contribution in [2.75, 3.05) is 7.05 Å². The van der Waals surface area contributed by atoms with Gasteiger partial charge in [0.2, 0.25) is 0 Å². The highest BCUT2D eigenvalue weighted by molar-refractivity contribution is 5.86. The third kappa shape index (κ3) is 1.91. The summed E-state index contributed by atoms with van der Waals surface area (Å²) in [4.78, 5) is 11.0. The van der Waals surface area contributed by atoms with Gasteiger partial charge in [0.15, 0.2) is 11.5 Å². The third-order valence-corrected chi connectivity index (χ3v) is 2.23. The molecule has 4 heteroatoms. The Morgan fingerprint density at radius 2 is 1.88 bits per heavy atom. The zero-order chi connectivity index (χ0) is 11.5. The molecule has 16 heavy (non-hydrogen) atoms. The molecule has 0 fully saturated rings. The minimum Gasteiger partial charge on any atom is -0.504 e. The number of hydrogen-bond acceptors (Lipinski definition) is 3. The quantitative estimate of drug-likeness (QED) is 0.770. The number of amides is 1. The molecule has 2 N–H and O–H groups in total. The summed E-state index contributed by atoms with van der Waals surface area (Å²) in [5.74, 6) is 0.0975. The van der Waals surface area contributed by atoms with E-state index in [1.807, 2.05) is 24.3 Å². The zero-order valence-corrected chi connectivity index (χ0v) is 8.73. The Kier molecular flexibility index (Phi) is 2.64. The molecule has 2 rings (SSSR count). The fraction of sp³-hybridized carbons (Fsp3) is 0.0833. The number of fused-ring (bicyclic) bond motifs is 1. The number of phenolic OH excluding ortho intramolecular Hbond substituents is 1. The van der Waals surface area contributed by atoms with E-state index in [0.29, 0.717) is 0 Å². The van der Waals surface area contributed by atoms with Crippen molar-refractivity contribution in [1.82, 2.24) is 5.32 Å². The van der Waals surface area contributed by atoms with Gasteiger partial charge >= 0.3 is 6.09 Å². The van der Waals surface area contributed by atoms with E-state index in [9.17, 15) is 9.90 Å². The summed E-state index contributed by atoms with van der Waals surface area (Å²) in [6.45, 7) is 0. The molecular formula is C12H11NO3. The first-order valence-corrected chi connectivity index (χ1v) is 4.82. The highest BCUT2D eigenvalue weighted by Gasteiger charge is 2.08. The van der Waals surface area contributed by atoms with Crippen molar-refractivity contribution in [3.8, 4) is 11.5 Å². The van der Waals surface area contributed by atoms with Crippen LogP contribution in [0.25, 0.3) is 10.8 Å². The molecule has 0 unspecified atom stereocenters. The highest BCUT2D eigenvalue weighted by atomic mass is 16.6. The maximum Gasteiger partial charge on any atom is 0.412 e. The molecule has 0 heterocycles. The maximum atomic E-state index is 11.0. The lowest BCUT2D eigenvalue weighted by atomic mass is 10.1. The van der Waals surface area contributed by atoms with Crippen molar-refractivity contribution < 1.29 is 14.6 Å². The van der Waals surface area contributed by atoms with E-state index in [4.69, 9.17) is 4.74 Å². The molecule has 0 aliphatic heterocycles. The Balaban J connectivity index is 2.46. The molecule has 0 aliphatic carbocycles. The number of carbonyl (C=O) groups is 1. The summed E-state index contributed by atoms with van der Waals surface area (Å²) < 4.78 is 4.90. The Morgan fingerprint density at radius 3 is 2.50 bits per heavy atom. The summed E-state index contributed by atoms with van der Waals surface area (Å²) in [5, 5.41) is 13.8. The monoisotopic (exact) mass is 217 g/mol. The van der Waals surface area contributed by atoms with Crippen LogP contribution in [0, 0.1) is 0 Å². The Bertz CT molecular complexity index is 537. The van der Waals surface area contributed by atoms with Gasteiger partial charge < -0.3 is 15.2 Å². The van der Waals surface area contributed by atoms with E-state index < -0.39 is 6.09 Å². The molecule has 2 aromatic carbocycles. The Morgan fingerprint density at radius 1 is 1.25 bits per heavy atom. The SMILES string of the molecule is CNC(=O)Oc1cc2ccccc2cc1O. The second-order valence-electron chi connectivity index (χ2n) is 3.31. The van der Waals surface area contributed by atoms with Crippen LogP contribution in [0.1, 0.15) is 0 Å². The van der Waals surface area contributed by atoms with Crippen LogP contribution in [0.3, 0.4) is 0 Å². The number of ether oxygens (including phenoxy) is 1. The standard InChI is InChI=1S/C12H11NO3/c1-13-12(15)16-11-7-9-5-3-2-4-8(9)6-10(11)14/h2-7,14H,1H3,(H,13,15). The number of hydrogen-bond donors (Lipinski definition) is 2. The maximum absolute atomic E-state index is 11.0. The van der Waals surface area contributed by atoms with Gasteiger partial charge in [-0.2, -0.15) is 0 Å². The zero-order valence-electron chi connectivity index (χ0n) is 8.73. The van der Waals surface area contributed by atoms with Crippen LogP contribution in [-0.2, 0) is 0 Å². The topological polar surface area (TPSA) is 58.6 Å². The van der Waals surface area contributed by atoms with Crippen LogP contribution in [0.5, 0.6) is 11.5 Å². The predicted octanol–water partition coefficient (Wildman–Crippen LogP) is 2.26. The Labute approximate surface area is 92.5 Å². The van der Waals surface area contributed by atoms with Gasteiger partial charge in [-0.1, -0.05) is 24.3 Å². The molecule has 0 aromatic heterocycles. The smallest absolute Gasteiger partial charge is 0.412 e. The van der Waals surface area contributed by atoms with Crippen LogP contribution in [0.15, 0.2) is 36.4 Å². The minimum atomic E-state index is -0.606. The van der Waals surface area contributed by atoms with E-state index in [-0.39, 0.29) is 11.5 Å². The lowest BCUT2D eigenvalue weighted by Gasteiger charge is -2.07. The lowest BCUT2D eigenvalue weighted by Crippen LogP contribution is -2.22. The molecule has 4 nitrogen and oxygen atoms in total. The predicted molar refractivity (Wildman–Crippen MR) is 60.7 cm³/mol. The van der Waals surface area contributed by atoms with Crippen molar-refractivity contribution in [2.24, 2.45) is 0 Å². The molecule has 0 aliphatic rings. The van der Waals surface area contributed by atoms with Crippen LogP contribution >= 0.6 is 0 Å². The molecule has 0 saturated heterocycles. The molecule has 0 atom stereocenters. The van der Waals surface area contributed by atoms with Crippen LogP contribution < -0.4 is 10.1 Å². The van der Waals surface area contributed by atoms with Crippen molar-refractivity contribution >= 4 is 16.9 Å². The second-order valence-corrected chi connectivity index (χ2v) is 3.31. The average molecular weight is 217 g/mol. The fourth-order valence-corrected chi connectivity index (χ4v) is 1.44. The summed E-state index contributed by atoms with van der Waals surface area (Å²) in [7, 11) is 1.46. The van der Waals surface area contributed by atoms with Gasteiger partial charge in [-0.15, -0.1) is 0 Å². The van der Waals surface area contributed by atoms with Crippen molar-refractivity contribution in [2.45, 2.75) is 0 Å². The first-order chi connectivity index (χ1) is 7.70. The largest absolute Gasteiger partial charge is 0.504 e. The van der Waals surface area contributed by atoms with Gasteiger partial charge in [-0.05, 0) is 22.9 Å². The highest BCUT2D eigenvalue weighted by Crippen LogP contribution is 2.31. The van der Waals surface area contributed by atoms with Crippen molar-refractivity contribution in [3.05, 3.63) is 36.4 Å².